The van der Waals surface area contributed by atoms with Crippen LogP contribution < -0.4 is 10.9 Å². The van der Waals surface area contributed by atoms with E-state index in [0.29, 0.717) is 15.8 Å². The van der Waals surface area contributed by atoms with Crippen molar-refractivity contribution in [2.24, 2.45) is 11.3 Å². The van der Waals surface area contributed by atoms with E-state index in [2.05, 4.69) is 46.1 Å². The number of hydrogen-bond acceptors (Lipinski definition) is 3. The number of terminal acetylenes is 1. The molecule has 0 atom stereocenters. The molecule has 5 heteroatoms. The van der Waals surface area contributed by atoms with Gasteiger partial charge in [-0.05, 0) is 40.1 Å². The highest BCUT2D eigenvalue weighted by Crippen LogP contribution is 2.51. The van der Waals surface area contributed by atoms with Crippen LogP contribution in [0.4, 0.5) is 5.69 Å². The zero-order valence-electron chi connectivity index (χ0n) is 11.2. The second-order valence-electron chi connectivity index (χ2n) is 5.41. The van der Waals surface area contributed by atoms with Gasteiger partial charge in [0.1, 0.15) is 11.0 Å². The van der Waals surface area contributed by atoms with E-state index in [4.69, 9.17) is 6.42 Å². The van der Waals surface area contributed by atoms with Crippen LogP contribution in [0.15, 0.2) is 15.5 Å². The summed E-state index contributed by atoms with van der Waals surface area (Å²) in [7, 11) is 0. The van der Waals surface area contributed by atoms with Gasteiger partial charge in [-0.2, -0.15) is 5.10 Å². The lowest BCUT2D eigenvalue weighted by Crippen LogP contribution is -2.26. The molecule has 0 spiro atoms. The van der Waals surface area contributed by atoms with Crippen LogP contribution in [-0.4, -0.2) is 16.3 Å². The molecule has 1 aromatic heterocycles. The molecule has 1 fully saturated rings. The van der Waals surface area contributed by atoms with Gasteiger partial charge >= 0.3 is 0 Å². The van der Waals surface area contributed by atoms with E-state index in [-0.39, 0.29) is 12.1 Å². The fourth-order valence-corrected chi connectivity index (χ4v) is 2.62. The zero-order chi connectivity index (χ0) is 14.0. The third kappa shape index (κ3) is 2.84. The highest BCUT2D eigenvalue weighted by molar-refractivity contribution is 9.10. The molecule has 0 aromatic carbocycles. The molecular weight excluding hydrogens is 306 g/mol. The van der Waals surface area contributed by atoms with Crippen molar-refractivity contribution in [1.29, 1.82) is 0 Å². The molecular formula is C14H18BrN3O. The van der Waals surface area contributed by atoms with Crippen LogP contribution in [-0.2, 0) is 6.54 Å². The highest BCUT2D eigenvalue weighted by atomic mass is 79.9. The van der Waals surface area contributed by atoms with Gasteiger partial charge in [0.25, 0.3) is 5.56 Å². The van der Waals surface area contributed by atoms with E-state index in [1.54, 1.807) is 6.20 Å². The molecule has 0 amide bonds. The number of anilines is 1. The summed E-state index contributed by atoms with van der Waals surface area (Å²) in [5.74, 6) is 3.06. The molecule has 4 nitrogen and oxygen atoms in total. The zero-order valence-corrected chi connectivity index (χ0v) is 12.8. The minimum Gasteiger partial charge on any atom is -0.382 e. The molecule has 1 aromatic rings. The Morgan fingerprint density at radius 1 is 1.63 bits per heavy atom. The van der Waals surface area contributed by atoms with Gasteiger partial charge in [-0.15, -0.1) is 6.42 Å². The second kappa shape index (κ2) is 5.38. The highest BCUT2D eigenvalue weighted by Gasteiger charge is 2.44. The Hall–Kier alpha value is -1.28. The molecule has 2 rings (SSSR count). The van der Waals surface area contributed by atoms with E-state index in [0.717, 1.165) is 12.2 Å². The van der Waals surface area contributed by atoms with Gasteiger partial charge in [0.2, 0.25) is 0 Å². The number of rotatable bonds is 5. The molecule has 1 aliphatic carbocycles. The van der Waals surface area contributed by atoms with Crippen LogP contribution in [0.25, 0.3) is 0 Å². The lowest BCUT2D eigenvalue weighted by molar-refractivity contribution is 0.380. The standard InChI is InChI=1S/C14H18BrN3O/c1-4-7-18-13(19)12(15)11(8-17-18)16-9-14(5-6-14)10(2)3/h1,8,10,16H,5-7,9H2,2-3H3. The predicted octanol–water partition coefficient (Wildman–Crippen LogP) is 2.49. The number of aromatic nitrogens is 2. The quantitative estimate of drug-likeness (QED) is 0.847. The van der Waals surface area contributed by atoms with E-state index in [1.807, 2.05) is 0 Å². The largest absolute Gasteiger partial charge is 0.382 e. The van der Waals surface area contributed by atoms with Crippen LogP contribution in [0.1, 0.15) is 26.7 Å². The van der Waals surface area contributed by atoms with Gasteiger partial charge in [0.05, 0.1) is 11.9 Å². The van der Waals surface area contributed by atoms with Crippen LogP contribution >= 0.6 is 15.9 Å². The van der Waals surface area contributed by atoms with Crippen LogP contribution in [0.3, 0.4) is 0 Å². The SMILES string of the molecule is C#CCn1ncc(NCC2(C(C)C)CC2)c(Br)c1=O. The van der Waals surface area contributed by atoms with E-state index in [1.165, 1.54) is 17.5 Å². The molecule has 102 valence electrons. The Labute approximate surface area is 121 Å². The van der Waals surface area contributed by atoms with Crippen LogP contribution in [0.5, 0.6) is 0 Å². The first-order valence-electron chi connectivity index (χ1n) is 6.43. The molecule has 1 N–H and O–H groups in total. The Balaban J connectivity index is 2.12. The molecule has 0 radical (unpaired) electrons. The maximum absolute atomic E-state index is 12.0. The Morgan fingerprint density at radius 3 is 2.84 bits per heavy atom. The first-order valence-corrected chi connectivity index (χ1v) is 7.22. The van der Waals surface area contributed by atoms with Crippen molar-refractivity contribution in [1.82, 2.24) is 9.78 Å². The monoisotopic (exact) mass is 323 g/mol. The van der Waals surface area contributed by atoms with Crippen molar-refractivity contribution < 1.29 is 0 Å². The maximum atomic E-state index is 12.0. The Kier molecular flexibility index (Phi) is 4.00. The fourth-order valence-electron chi connectivity index (χ4n) is 2.18. The normalized spacial score (nSPS) is 16.2. The van der Waals surface area contributed by atoms with Crippen LogP contribution in [0.2, 0.25) is 0 Å². The average molecular weight is 324 g/mol. The molecule has 19 heavy (non-hydrogen) atoms. The summed E-state index contributed by atoms with van der Waals surface area (Å²) in [6.07, 6.45) is 9.34. The van der Waals surface area contributed by atoms with Gasteiger partial charge in [0, 0.05) is 6.54 Å². The van der Waals surface area contributed by atoms with E-state index in [9.17, 15) is 4.79 Å². The van der Waals surface area contributed by atoms with Gasteiger partial charge in [-0.1, -0.05) is 19.8 Å². The number of nitrogens with zero attached hydrogens (tertiary/aromatic N) is 2. The lowest BCUT2D eigenvalue weighted by atomic mass is 9.92. The second-order valence-corrected chi connectivity index (χ2v) is 6.20. The number of nitrogens with one attached hydrogen (secondary N) is 1. The van der Waals surface area contributed by atoms with Gasteiger partial charge in [0.15, 0.2) is 0 Å². The number of hydrogen-bond donors (Lipinski definition) is 1. The Morgan fingerprint density at radius 2 is 2.32 bits per heavy atom. The van der Waals surface area contributed by atoms with Gasteiger partial charge in [-0.25, -0.2) is 4.68 Å². The van der Waals surface area contributed by atoms with Gasteiger partial charge in [-0.3, -0.25) is 4.79 Å². The number of halogens is 1. The van der Waals surface area contributed by atoms with E-state index < -0.39 is 0 Å². The molecule has 0 saturated heterocycles. The summed E-state index contributed by atoms with van der Waals surface area (Å²) in [4.78, 5) is 12.0. The Bertz CT molecular complexity index is 567. The predicted molar refractivity (Wildman–Crippen MR) is 80.0 cm³/mol. The minimum atomic E-state index is -0.197. The summed E-state index contributed by atoms with van der Waals surface area (Å²) < 4.78 is 1.77. The van der Waals surface area contributed by atoms with Crippen molar-refractivity contribution >= 4 is 21.6 Å². The first kappa shape index (κ1) is 14.1. The minimum absolute atomic E-state index is 0.188. The topological polar surface area (TPSA) is 46.9 Å². The first-order chi connectivity index (χ1) is 9.00. The van der Waals surface area contributed by atoms with Crippen molar-refractivity contribution in [2.45, 2.75) is 33.2 Å². The smallest absolute Gasteiger partial charge is 0.284 e. The molecule has 0 bridgehead atoms. The summed E-state index contributed by atoms with van der Waals surface area (Å²) in [6, 6.07) is 0. The lowest BCUT2D eigenvalue weighted by Gasteiger charge is -2.21. The third-order valence-corrected chi connectivity index (χ3v) is 4.74. The summed E-state index contributed by atoms with van der Waals surface area (Å²) in [5.41, 5.74) is 0.926. The molecule has 0 unspecified atom stereocenters. The summed E-state index contributed by atoms with van der Waals surface area (Å²) in [5, 5.41) is 7.40. The molecule has 1 saturated carbocycles. The maximum Gasteiger partial charge on any atom is 0.284 e. The van der Waals surface area contributed by atoms with Crippen molar-refractivity contribution in [3.05, 3.63) is 21.0 Å². The van der Waals surface area contributed by atoms with Crippen molar-refractivity contribution in [2.75, 3.05) is 11.9 Å². The molecule has 1 aliphatic rings. The molecule has 1 heterocycles. The van der Waals surface area contributed by atoms with Crippen LogP contribution in [0, 0.1) is 23.7 Å². The van der Waals surface area contributed by atoms with E-state index >= 15 is 0 Å². The average Bonchev–Trinajstić information content (AvgIpc) is 3.15. The fraction of sp³-hybridized carbons (Fsp3) is 0.571. The van der Waals surface area contributed by atoms with Gasteiger partial charge < -0.3 is 5.32 Å². The third-order valence-electron chi connectivity index (χ3n) is 3.97. The molecule has 0 aliphatic heterocycles. The summed E-state index contributed by atoms with van der Waals surface area (Å²) >= 11 is 3.32. The summed E-state index contributed by atoms with van der Waals surface area (Å²) in [6.45, 7) is 5.55. The van der Waals surface area contributed by atoms with Crippen molar-refractivity contribution in [3.8, 4) is 12.3 Å². The van der Waals surface area contributed by atoms with Crippen molar-refractivity contribution in [3.63, 3.8) is 0 Å².